The van der Waals surface area contributed by atoms with Gasteiger partial charge in [0.25, 0.3) is 0 Å². The van der Waals surface area contributed by atoms with E-state index in [-0.39, 0.29) is 13.1 Å². The van der Waals surface area contributed by atoms with E-state index in [1.165, 1.54) is 7.11 Å². The number of ether oxygens (including phenoxy) is 1. The highest BCUT2D eigenvalue weighted by molar-refractivity contribution is 7.89. The number of halogens is 2. The van der Waals surface area contributed by atoms with Gasteiger partial charge in [0, 0.05) is 13.1 Å². The van der Waals surface area contributed by atoms with Crippen molar-refractivity contribution >= 4 is 16.0 Å². The van der Waals surface area contributed by atoms with Crippen molar-refractivity contribution < 1.29 is 26.7 Å². The van der Waals surface area contributed by atoms with Crippen LogP contribution in [-0.2, 0) is 19.6 Å². The van der Waals surface area contributed by atoms with Gasteiger partial charge in [0.05, 0.1) is 13.0 Å². The van der Waals surface area contributed by atoms with Gasteiger partial charge in [0.2, 0.25) is 10.0 Å². The van der Waals surface area contributed by atoms with Gasteiger partial charge in [-0.25, -0.2) is 17.2 Å². The topological polar surface area (TPSA) is 63.7 Å². The number of hydrogen-bond donors (Lipinski definition) is 0. The molecule has 116 valence electrons. The standard InChI is InChI=1S/C13H15F2NO4S/c1-20-13(17)9-4-3-7-16(8-9)21(18,19)12-10(14)5-2-6-11(12)15/h2,5-6,9H,3-4,7-8H2,1H3/t9-/m0/s1. The molecule has 0 saturated carbocycles. The lowest BCUT2D eigenvalue weighted by molar-refractivity contribution is -0.146. The van der Waals surface area contributed by atoms with E-state index in [0.717, 1.165) is 22.5 Å². The maximum atomic E-state index is 13.7. The second-order valence-corrected chi connectivity index (χ2v) is 6.65. The zero-order chi connectivity index (χ0) is 15.6. The number of esters is 1. The van der Waals surface area contributed by atoms with E-state index in [2.05, 4.69) is 4.74 Å². The lowest BCUT2D eigenvalue weighted by atomic mass is 10.0. The molecule has 0 aromatic heterocycles. The van der Waals surface area contributed by atoms with Crippen molar-refractivity contribution in [3.05, 3.63) is 29.8 Å². The smallest absolute Gasteiger partial charge is 0.309 e. The molecule has 5 nitrogen and oxygen atoms in total. The van der Waals surface area contributed by atoms with Gasteiger partial charge in [-0.2, -0.15) is 4.31 Å². The number of rotatable bonds is 3. The van der Waals surface area contributed by atoms with Gasteiger partial charge in [0.15, 0.2) is 4.90 Å². The Morgan fingerprint density at radius 1 is 1.33 bits per heavy atom. The molecule has 1 fully saturated rings. The van der Waals surface area contributed by atoms with Crippen molar-refractivity contribution in [1.82, 2.24) is 4.31 Å². The van der Waals surface area contributed by atoms with Gasteiger partial charge in [-0.3, -0.25) is 4.79 Å². The summed E-state index contributed by atoms with van der Waals surface area (Å²) in [7, 11) is -3.11. The van der Waals surface area contributed by atoms with Crippen LogP contribution in [0.15, 0.2) is 23.1 Å². The summed E-state index contributed by atoms with van der Waals surface area (Å²) in [6.07, 6.45) is 0.910. The molecular weight excluding hydrogens is 304 g/mol. The van der Waals surface area contributed by atoms with Crippen LogP contribution in [0.3, 0.4) is 0 Å². The zero-order valence-corrected chi connectivity index (χ0v) is 12.2. The molecule has 0 radical (unpaired) electrons. The van der Waals surface area contributed by atoms with Crippen LogP contribution in [-0.4, -0.2) is 38.9 Å². The van der Waals surface area contributed by atoms with Crippen LogP contribution < -0.4 is 0 Å². The Kier molecular flexibility index (Phi) is 4.58. The fourth-order valence-electron chi connectivity index (χ4n) is 2.38. The van der Waals surface area contributed by atoms with Gasteiger partial charge in [-0.05, 0) is 25.0 Å². The zero-order valence-electron chi connectivity index (χ0n) is 11.4. The minimum Gasteiger partial charge on any atom is -0.469 e. The molecule has 1 aromatic rings. The third-order valence-electron chi connectivity index (χ3n) is 3.44. The minimum absolute atomic E-state index is 0.115. The summed E-state index contributed by atoms with van der Waals surface area (Å²) in [5.74, 6) is -3.43. The van der Waals surface area contributed by atoms with Crippen molar-refractivity contribution in [3.8, 4) is 0 Å². The van der Waals surface area contributed by atoms with Crippen LogP contribution in [0.25, 0.3) is 0 Å². The highest BCUT2D eigenvalue weighted by Gasteiger charge is 2.36. The van der Waals surface area contributed by atoms with E-state index < -0.39 is 38.4 Å². The normalized spacial score (nSPS) is 20.2. The quantitative estimate of drug-likeness (QED) is 0.793. The van der Waals surface area contributed by atoms with Crippen molar-refractivity contribution in [1.29, 1.82) is 0 Å². The Morgan fingerprint density at radius 3 is 2.52 bits per heavy atom. The SMILES string of the molecule is COC(=O)[C@H]1CCCN(S(=O)(=O)c2c(F)cccc2F)C1. The van der Waals surface area contributed by atoms with E-state index in [4.69, 9.17) is 0 Å². The highest BCUT2D eigenvalue weighted by Crippen LogP contribution is 2.27. The number of benzene rings is 1. The van der Waals surface area contributed by atoms with E-state index >= 15 is 0 Å². The summed E-state index contributed by atoms with van der Waals surface area (Å²) in [5, 5.41) is 0. The van der Waals surface area contributed by atoms with Crippen molar-refractivity contribution in [3.63, 3.8) is 0 Å². The first kappa shape index (κ1) is 15.8. The van der Waals surface area contributed by atoms with Gasteiger partial charge in [-0.15, -0.1) is 0 Å². The first-order valence-electron chi connectivity index (χ1n) is 6.40. The van der Waals surface area contributed by atoms with Crippen molar-refractivity contribution in [2.75, 3.05) is 20.2 Å². The maximum Gasteiger partial charge on any atom is 0.309 e. The molecule has 0 aliphatic carbocycles. The molecule has 1 aliphatic heterocycles. The predicted octanol–water partition coefficient (Wildman–Crippen LogP) is 1.54. The molecule has 0 unspecified atom stereocenters. The third kappa shape index (κ3) is 3.06. The molecule has 1 aromatic carbocycles. The molecule has 8 heteroatoms. The molecular formula is C13H15F2NO4S. The number of methoxy groups -OCH3 is 1. The Balaban J connectivity index is 2.33. The Bertz CT molecular complexity index is 627. The first-order chi connectivity index (χ1) is 9.87. The molecule has 0 bridgehead atoms. The van der Waals surface area contributed by atoms with Crippen molar-refractivity contribution in [2.45, 2.75) is 17.7 Å². The number of sulfonamides is 1. The fourth-order valence-corrected chi connectivity index (χ4v) is 4.01. The molecule has 21 heavy (non-hydrogen) atoms. The summed E-state index contributed by atoms with van der Waals surface area (Å²) < 4.78 is 57.7. The lowest BCUT2D eigenvalue weighted by Gasteiger charge is -2.30. The monoisotopic (exact) mass is 319 g/mol. The van der Waals surface area contributed by atoms with E-state index in [1.54, 1.807) is 0 Å². The summed E-state index contributed by atoms with van der Waals surface area (Å²) in [6, 6.07) is 2.87. The fraction of sp³-hybridized carbons (Fsp3) is 0.462. The van der Waals surface area contributed by atoms with Gasteiger partial charge in [0.1, 0.15) is 11.6 Å². The summed E-state index contributed by atoms with van der Waals surface area (Å²) in [6.45, 7) is -0.0214. The third-order valence-corrected chi connectivity index (χ3v) is 5.35. The second kappa shape index (κ2) is 6.07. The number of carbonyl (C=O) groups is 1. The van der Waals surface area contributed by atoms with E-state index in [0.29, 0.717) is 12.8 Å². The van der Waals surface area contributed by atoms with Crippen LogP contribution >= 0.6 is 0 Å². The molecule has 0 amide bonds. The van der Waals surface area contributed by atoms with Crippen LogP contribution in [0.5, 0.6) is 0 Å². The van der Waals surface area contributed by atoms with Gasteiger partial charge >= 0.3 is 5.97 Å². The number of carbonyl (C=O) groups excluding carboxylic acids is 1. The number of piperidine rings is 1. The van der Waals surface area contributed by atoms with Crippen LogP contribution in [0.1, 0.15) is 12.8 Å². The average Bonchev–Trinajstić information content (AvgIpc) is 2.46. The summed E-state index contributed by atoms with van der Waals surface area (Å²) in [4.78, 5) is 10.5. The minimum atomic E-state index is -4.32. The van der Waals surface area contributed by atoms with Crippen LogP contribution in [0.2, 0.25) is 0 Å². The molecule has 2 rings (SSSR count). The van der Waals surface area contributed by atoms with Crippen LogP contribution in [0.4, 0.5) is 8.78 Å². The molecule has 1 heterocycles. The molecule has 1 atom stereocenters. The molecule has 1 saturated heterocycles. The number of hydrogen-bond acceptors (Lipinski definition) is 4. The van der Waals surface area contributed by atoms with Gasteiger partial charge < -0.3 is 4.74 Å². The summed E-state index contributed by atoms with van der Waals surface area (Å²) in [5.41, 5.74) is 0. The maximum absolute atomic E-state index is 13.7. The van der Waals surface area contributed by atoms with Gasteiger partial charge in [-0.1, -0.05) is 6.07 Å². The molecule has 0 N–H and O–H groups in total. The summed E-state index contributed by atoms with van der Waals surface area (Å²) >= 11 is 0. The lowest BCUT2D eigenvalue weighted by Crippen LogP contribution is -2.43. The average molecular weight is 319 g/mol. The second-order valence-electron chi connectivity index (χ2n) is 4.78. The first-order valence-corrected chi connectivity index (χ1v) is 7.84. The van der Waals surface area contributed by atoms with Crippen LogP contribution in [0, 0.1) is 17.6 Å². The Morgan fingerprint density at radius 2 is 1.95 bits per heavy atom. The number of nitrogens with zero attached hydrogens (tertiary/aromatic N) is 1. The molecule has 0 spiro atoms. The van der Waals surface area contributed by atoms with Crippen molar-refractivity contribution in [2.24, 2.45) is 5.92 Å². The largest absolute Gasteiger partial charge is 0.469 e. The predicted molar refractivity (Wildman–Crippen MR) is 69.9 cm³/mol. The Labute approximate surface area is 121 Å². The highest BCUT2D eigenvalue weighted by atomic mass is 32.2. The molecule has 1 aliphatic rings. The van der Waals surface area contributed by atoms with E-state index in [9.17, 15) is 22.0 Å². The Hall–Kier alpha value is -1.54. The van der Waals surface area contributed by atoms with E-state index in [1.807, 2.05) is 0 Å².